The summed E-state index contributed by atoms with van der Waals surface area (Å²) in [5.74, 6) is -0.244. The molecule has 0 radical (unpaired) electrons. The van der Waals surface area contributed by atoms with Crippen LogP contribution in [0.4, 0.5) is 11.4 Å². The molecule has 1 atom stereocenters. The summed E-state index contributed by atoms with van der Waals surface area (Å²) in [5.41, 5.74) is 3.04. The third kappa shape index (κ3) is 5.64. The van der Waals surface area contributed by atoms with Crippen molar-refractivity contribution < 1.29 is 9.59 Å². The first-order valence-electron chi connectivity index (χ1n) is 8.50. The maximum Gasteiger partial charge on any atom is 0.255 e. The van der Waals surface area contributed by atoms with Crippen LogP contribution in [0.25, 0.3) is 0 Å². The SMILES string of the molecule is CCC(C)NC(=O)CNc1cc(C(=O)Nc2ccccc2)ccc1C. The lowest BCUT2D eigenvalue weighted by Crippen LogP contribution is -2.36. The van der Waals surface area contributed by atoms with Gasteiger partial charge in [-0.2, -0.15) is 0 Å². The molecule has 0 aromatic heterocycles. The summed E-state index contributed by atoms with van der Waals surface area (Å²) in [6, 6.07) is 14.9. The summed E-state index contributed by atoms with van der Waals surface area (Å²) in [6.07, 6.45) is 0.889. The van der Waals surface area contributed by atoms with Gasteiger partial charge in [0.05, 0.1) is 6.54 Å². The molecule has 132 valence electrons. The Labute approximate surface area is 148 Å². The second kappa shape index (κ2) is 8.87. The van der Waals surface area contributed by atoms with Crippen molar-refractivity contribution in [3.05, 3.63) is 59.7 Å². The number of carbonyl (C=O) groups excluding carboxylic acids is 2. The molecule has 0 heterocycles. The number of nitrogens with one attached hydrogen (secondary N) is 3. The van der Waals surface area contributed by atoms with Gasteiger partial charge in [-0.25, -0.2) is 0 Å². The third-order valence-electron chi connectivity index (χ3n) is 3.99. The zero-order valence-corrected chi connectivity index (χ0v) is 14.9. The van der Waals surface area contributed by atoms with E-state index in [0.717, 1.165) is 23.4 Å². The van der Waals surface area contributed by atoms with E-state index in [1.54, 1.807) is 12.1 Å². The van der Waals surface area contributed by atoms with Crippen LogP contribution in [0.15, 0.2) is 48.5 Å². The highest BCUT2D eigenvalue weighted by Gasteiger charge is 2.10. The second-order valence-electron chi connectivity index (χ2n) is 6.08. The lowest BCUT2D eigenvalue weighted by molar-refractivity contribution is -0.120. The molecule has 0 fully saturated rings. The van der Waals surface area contributed by atoms with Crippen molar-refractivity contribution in [3.63, 3.8) is 0 Å². The first-order chi connectivity index (χ1) is 12.0. The molecule has 1 unspecified atom stereocenters. The van der Waals surface area contributed by atoms with E-state index in [4.69, 9.17) is 0 Å². The number of hydrogen-bond acceptors (Lipinski definition) is 3. The van der Waals surface area contributed by atoms with E-state index in [1.165, 1.54) is 0 Å². The highest BCUT2D eigenvalue weighted by atomic mass is 16.2. The number of aryl methyl sites for hydroxylation is 1. The third-order valence-corrected chi connectivity index (χ3v) is 3.99. The zero-order valence-electron chi connectivity index (χ0n) is 14.9. The number of rotatable bonds is 7. The predicted octanol–water partition coefficient (Wildman–Crippen LogP) is 3.57. The molecule has 0 spiro atoms. The Morgan fingerprint density at radius 2 is 1.80 bits per heavy atom. The molecule has 0 saturated carbocycles. The molecule has 0 aliphatic rings. The Hall–Kier alpha value is -2.82. The van der Waals surface area contributed by atoms with Crippen molar-refractivity contribution in [2.45, 2.75) is 33.2 Å². The zero-order chi connectivity index (χ0) is 18.2. The van der Waals surface area contributed by atoms with Gasteiger partial charge in [-0.3, -0.25) is 9.59 Å². The Morgan fingerprint density at radius 1 is 1.08 bits per heavy atom. The molecule has 3 N–H and O–H groups in total. The predicted molar refractivity (Wildman–Crippen MR) is 102 cm³/mol. The molecule has 0 aliphatic carbocycles. The standard InChI is InChI=1S/C20H25N3O2/c1-4-15(3)22-19(24)13-21-18-12-16(11-10-14(18)2)20(25)23-17-8-6-5-7-9-17/h5-12,15,21H,4,13H2,1-3H3,(H,22,24)(H,23,25). The van der Waals surface area contributed by atoms with E-state index >= 15 is 0 Å². The maximum absolute atomic E-state index is 12.4. The van der Waals surface area contributed by atoms with Gasteiger partial charge < -0.3 is 16.0 Å². The number of anilines is 2. The molecular weight excluding hydrogens is 314 g/mol. The number of amides is 2. The number of benzene rings is 2. The Kier molecular flexibility index (Phi) is 6.57. The van der Waals surface area contributed by atoms with Crippen LogP contribution in [0, 0.1) is 6.92 Å². The van der Waals surface area contributed by atoms with Crippen molar-refractivity contribution in [2.24, 2.45) is 0 Å². The highest BCUT2D eigenvalue weighted by molar-refractivity contribution is 6.05. The minimum absolute atomic E-state index is 0.0621. The highest BCUT2D eigenvalue weighted by Crippen LogP contribution is 2.18. The Balaban J connectivity index is 2.01. The monoisotopic (exact) mass is 339 g/mol. The van der Waals surface area contributed by atoms with E-state index in [2.05, 4.69) is 16.0 Å². The summed E-state index contributed by atoms with van der Waals surface area (Å²) in [6.45, 7) is 6.11. The first-order valence-corrected chi connectivity index (χ1v) is 8.50. The summed E-state index contributed by atoms with van der Waals surface area (Å²) in [5, 5.41) is 8.88. The Bertz CT molecular complexity index is 729. The van der Waals surface area contributed by atoms with Crippen molar-refractivity contribution in [1.29, 1.82) is 0 Å². The van der Waals surface area contributed by atoms with Gasteiger partial charge >= 0.3 is 0 Å². The lowest BCUT2D eigenvalue weighted by atomic mass is 10.1. The van der Waals surface area contributed by atoms with Gasteiger partial charge in [0.2, 0.25) is 5.91 Å². The number of carbonyl (C=O) groups is 2. The van der Waals surface area contributed by atoms with Crippen molar-refractivity contribution >= 4 is 23.2 Å². The van der Waals surface area contributed by atoms with Crippen LogP contribution in [0.1, 0.15) is 36.2 Å². The molecule has 5 heteroatoms. The van der Waals surface area contributed by atoms with Crippen LogP contribution in [-0.4, -0.2) is 24.4 Å². The molecule has 2 aromatic rings. The van der Waals surface area contributed by atoms with Crippen LogP contribution in [0.5, 0.6) is 0 Å². The average Bonchev–Trinajstić information content (AvgIpc) is 2.61. The topological polar surface area (TPSA) is 70.2 Å². The fraction of sp³-hybridized carbons (Fsp3) is 0.300. The number of para-hydroxylation sites is 1. The van der Waals surface area contributed by atoms with Gasteiger partial charge in [0.15, 0.2) is 0 Å². The van der Waals surface area contributed by atoms with Crippen LogP contribution in [-0.2, 0) is 4.79 Å². The van der Waals surface area contributed by atoms with E-state index in [-0.39, 0.29) is 24.4 Å². The molecule has 5 nitrogen and oxygen atoms in total. The average molecular weight is 339 g/mol. The van der Waals surface area contributed by atoms with Gasteiger partial charge in [-0.15, -0.1) is 0 Å². The molecule has 0 aliphatic heterocycles. The van der Waals surface area contributed by atoms with E-state index in [1.807, 2.05) is 57.2 Å². The van der Waals surface area contributed by atoms with Crippen LogP contribution < -0.4 is 16.0 Å². The van der Waals surface area contributed by atoms with Crippen molar-refractivity contribution in [2.75, 3.05) is 17.2 Å². The van der Waals surface area contributed by atoms with Crippen LogP contribution in [0.3, 0.4) is 0 Å². The van der Waals surface area contributed by atoms with Gasteiger partial charge in [0.1, 0.15) is 0 Å². The smallest absolute Gasteiger partial charge is 0.255 e. The van der Waals surface area contributed by atoms with Gasteiger partial charge in [0, 0.05) is 23.0 Å². The molecule has 2 aromatic carbocycles. The summed E-state index contributed by atoms with van der Waals surface area (Å²) >= 11 is 0. The summed E-state index contributed by atoms with van der Waals surface area (Å²) in [4.78, 5) is 24.3. The van der Waals surface area contributed by atoms with Crippen molar-refractivity contribution in [1.82, 2.24) is 5.32 Å². The fourth-order valence-corrected chi connectivity index (χ4v) is 2.28. The largest absolute Gasteiger partial charge is 0.376 e. The Morgan fingerprint density at radius 3 is 2.48 bits per heavy atom. The quantitative estimate of drug-likeness (QED) is 0.722. The van der Waals surface area contributed by atoms with Crippen LogP contribution >= 0.6 is 0 Å². The van der Waals surface area contributed by atoms with E-state index in [0.29, 0.717) is 5.56 Å². The summed E-state index contributed by atoms with van der Waals surface area (Å²) < 4.78 is 0. The minimum atomic E-state index is -0.182. The van der Waals surface area contributed by atoms with E-state index in [9.17, 15) is 9.59 Å². The van der Waals surface area contributed by atoms with Crippen LogP contribution in [0.2, 0.25) is 0 Å². The first kappa shape index (κ1) is 18.5. The lowest BCUT2D eigenvalue weighted by Gasteiger charge is -2.14. The summed E-state index contributed by atoms with van der Waals surface area (Å²) in [7, 11) is 0. The molecule has 0 bridgehead atoms. The minimum Gasteiger partial charge on any atom is -0.376 e. The normalized spacial score (nSPS) is 11.5. The molecular formula is C20H25N3O2. The fourth-order valence-electron chi connectivity index (χ4n) is 2.28. The number of hydrogen-bond donors (Lipinski definition) is 3. The molecule has 25 heavy (non-hydrogen) atoms. The van der Waals surface area contributed by atoms with Gasteiger partial charge in [0.25, 0.3) is 5.91 Å². The van der Waals surface area contributed by atoms with Gasteiger partial charge in [-0.05, 0) is 50.1 Å². The molecule has 2 rings (SSSR count). The maximum atomic E-state index is 12.4. The van der Waals surface area contributed by atoms with E-state index < -0.39 is 0 Å². The molecule has 0 saturated heterocycles. The van der Waals surface area contributed by atoms with Gasteiger partial charge in [-0.1, -0.05) is 31.2 Å². The van der Waals surface area contributed by atoms with Crippen molar-refractivity contribution in [3.8, 4) is 0 Å². The second-order valence-corrected chi connectivity index (χ2v) is 6.08. The molecule has 2 amide bonds.